The number of nitrogens with zero attached hydrogens (tertiary/aromatic N) is 1. The Balaban J connectivity index is 2.26. The van der Waals surface area contributed by atoms with Crippen molar-refractivity contribution in [2.45, 2.75) is 25.4 Å². The van der Waals surface area contributed by atoms with Gasteiger partial charge in [0.15, 0.2) is 6.29 Å². The lowest BCUT2D eigenvalue weighted by Gasteiger charge is -2.27. The minimum absolute atomic E-state index is 0.0547. The summed E-state index contributed by atoms with van der Waals surface area (Å²) < 4.78 is 2.21. The average molecular weight is 228 g/mol. The number of para-hydroxylation sites is 1. The van der Waals surface area contributed by atoms with E-state index >= 15 is 0 Å². The molecule has 0 spiro atoms. The summed E-state index contributed by atoms with van der Waals surface area (Å²) in [7, 11) is 0. The van der Waals surface area contributed by atoms with E-state index in [9.17, 15) is 4.79 Å². The van der Waals surface area contributed by atoms with Crippen LogP contribution in [-0.4, -0.2) is 17.4 Å². The molecule has 0 bridgehead atoms. The highest BCUT2D eigenvalue weighted by Gasteiger charge is 2.31. The maximum Gasteiger partial charge on any atom is 0.152 e. The summed E-state index contributed by atoms with van der Waals surface area (Å²) in [6.07, 6.45) is 5.19. The monoisotopic (exact) mass is 228 g/mol. The molecule has 0 saturated carbocycles. The first-order valence-electron chi connectivity index (χ1n) is 6.05. The minimum atomic E-state index is -0.0547. The van der Waals surface area contributed by atoms with E-state index in [1.807, 2.05) is 24.4 Å². The third-order valence-electron chi connectivity index (χ3n) is 3.75. The number of aromatic nitrogens is 1. The fourth-order valence-corrected chi connectivity index (χ4v) is 2.79. The molecular weight excluding hydrogens is 212 g/mol. The van der Waals surface area contributed by atoms with Crippen LogP contribution in [0, 0.1) is 0 Å². The van der Waals surface area contributed by atoms with E-state index < -0.39 is 0 Å². The molecule has 0 amide bonds. The first-order chi connectivity index (χ1) is 8.24. The van der Waals surface area contributed by atoms with Crippen molar-refractivity contribution in [3.8, 4) is 0 Å². The molecule has 17 heavy (non-hydrogen) atoms. The number of nitrogens with one attached hydrogen (secondary N) is 1. The Bertz CT molecular complexity index is 565. The number of fused-ring (bicyclic) bond motifs is 1. The number of aldehydes is 1. The van der Waals surface area contributed by atoms with Crippen LogP contribution in [-0.2, 0) is 5.66 Å². The smallest absolute Gasteiger partial charge is 0.152 e. The molecule has 0 unspecified atom stereocenters. The zero-order valence-electron chi connectivity index (χ0n) is 9.94. The molecule has 0 radical (unpaired) electrons. The molecule has 1 atom stereocenters. The van der Waals surface area contributed by atoms with Crippen molar-refractivity contribution in [3.63, 3.8) is 0 Å². The zero-order valence-corrected chi connectivity index (χ0v) is 9.94. The van der Waals surface area contributed by atoms with Gasteiger partial charge in [-0.1, -0.05) is 18.2 Å². The summed E-state index contributed by atoms with van der Waals surface area (Å²) >= 11 is 0. The summed E-state index contributed by atoms with van der Waals surface area (Å²) in [5.41, 5.74) is 1.85. The van der Waals surface area contributed by atoms with Gasteiger partial charge in [-0.15, -0.1) is 0 Å². The molecule has 0 aliphatic carbocycles. The van der Waals surface area contributed by atoms with Gasteiger partial charge in [-0.3, -0.25) is 10.1 Å². The van der Waals surface area contributed by atoms with Gasteiger partial charge < -0.3 is 4.57 Å². The Hall–Kier alpha value is -1.61. The zero-order chi connectivity index (χ0) is 11.9. The number of carbonyl (C=O) groups is 1. The van der Waals surface area contributed by atoms with Crippen molar-refractivity contribution >= 4 is 17.2 Å². The van der Waals surface area contributed by atoms with Crippen molar-refractivity contribution in [1.29, 1.82) is 0 Å². The van der Waals surface area contributed by atoms with Gasteiger partial charge in [-0.2, -0.15) is 0 Å². The highest BCUT2D eigenvalue weighted by atomic mass is 16.1. The molecule has 3 heteroatoms. The van der Waals surface area contributed by atoms with Crippen LogP contribution in [0.3, 0.4) is 0 Å². The lowest BCUT2D eigenvalue weighted by molar-refractivity contribution is 0.112. The quantitative estimate of drug-likeness (QED) is 0.801. The van der Waals surface area contributed by atoms with Crippen LogP contribution in [0.4, 0.5) is 0 Å². The van der Waals surface area contributed by atoms with E-state index in [0.29, 0.717) is 0 Å². The fourth-order valence-electron chi connectivity index (χ4n) is 2.79. The van der Waals surface area contributed by atoms with Crippen LogP contribution in [0.5, 0.6) is 0 Å². The van der Waals surface area contributed by atoms with Gasteiger partial charge in [0.25, 0.3) is 0 Å². The summed E-state index contributed by atoms with van der Waals surface area (Å²) in [6, 6.07) is 8.08. The molecular formula is C14H16N2O. The van der Waals surface area contributed by atoms with Crippen molar-refractivity contribution in [3.05, 3.63) is 36.0 Å². The SMILES string of the molecule is C[C@]1(n2cc(C=O)c3ccccc32)CCCN1. The van der Waals surface area contributed by atoms with Crippen molar-refractivity contribution in [1.82, 2.24) is 9.88 Å². The summed E-state index contributed by atoms with van der Waals surface area (Å²) in [5.74, 6) is 0. The van der Waals surface area contributed by atoms with Crippen LogP contribution >= 0.6 is 0 Å². The molecule has 1 aromatic heterocycles. The van der Waals surface area contributed by atoms with Gasteiger partial charge in [-0.05, 0) is 32.4 Å². The summed E-state index contributed by atoms with van der Waals surface area (Å²) in [6.45, 7) is 3.24. The molecule has 88 valence electrons. The Morgan fingerprint density at radius 1 is 1.41 bits per heavy atom. The maximum absolute atomic E-state index is 11.1. The minimum Gasteiger partial charge on any atom is -0.328 e. The second-order valence-corrected chi connectivity index (χ2v) is 4.89. The molecule has 1 fully saturated rings. The second-order valence-electron chi connectivity index (χ2n) is 4.89. The van der Waals surface area contributed by atoms with Gasteiger partial charge in [0, 0.05) is 17.1 Å². The molecule has 2 aromatic rings. The van der Waals surface area contributed by atoms with E-state index in [1.54, 1.807) is 0 Å². The van der Waals surface area contributed by atoms with Crippen molar-refractivity contribution in [2.75, 3.05) is 6.54 Å². The fraction of sp³-hybridized carbons (Fsp3) is 0.357. The summed E-state index contributed by atoms with van der Waals surface area (Å²) in [5, 5.41) is 4.57. The predicted molar refractivity (Wildman–Crippen MR) is 68.2 cm³/mol. The molecule has 1 N–H and O–H groups in total. The highest BCUT2D eigenvalue weighted by Crippen LogP contribution is 2.30. The Morgan fingerprint density at radius 2 is 2.24 bits per heavy atom. The van der Waals surface area contributed by atoms with E-state index in [2.05, 4.69) is 22.9 Å². The van der Waals surface area contributed by atoms with E-state index in [-0.39, 0.29) is 5.66 Å². The number of rotatable bonds is 2. The van der Waals surface area contributed by atoms with Gasteiger partial charge in [0.2, 0.25) is 0 Å². The second kappa shape index (κ2) is 3.70. The van der Waals surface area contributed by atoms with E-state index in [4.69, 9.17) is 0 Å². The van der Waals surface area contributed by atoms with Crippen LogP contribution in [0.15, 0.2) is 30.5 Å². The standard InChI is InChI=1S/C14H16N2O/c1-14(7-4-8-15-14)16-9-11(10-17)12-5-2-3-6-13(12)16/h2-3,5-6,9-10,15H,4,7-8H2,1H3/t14-/m0/s1. The molecule has 1 aromatic carbocycles. The Kier molecular flexibility index (Phi) is 2.30. The first kappa shape index (κ1) is 10.5. The molecule has 3 rings (SSSR count). The number of carbonyl (C=O) groups excluding carboxylic acids is 1. The van der Waals surface area contributed by atoms with E-state index in [1.165, 1.54) is 6.42 Å². The number of hydrogen-bond acceptors (Lipinski definition) is 2. The van der Waals surface area contributed by atoms with Gasteiger partial charge >= 0.3 is 0 Å². The Morgan fingerprint density at radius 3 is 2.94 bits per heavy atom. The predicted octanol–water partition coefficient (Wildman–Crippen LogP) is 2.51. The number of hydrogen-bond donors (Lipinski definition) is 1. The topological polar surface area (TPSA) is 34.0 Å². The van der Waals surface area contributed by atoms with E-state index in [0.717, 1.165) is 35.7 Å². The van der Waals surface area contributed by atoms with Crippen LogP contribution in [0.1, 0.15) is 30.1 Å². The van der Waals surface area contributed by atoms with Crippen LogP contribution in [0.2, 0.25) is 0 Å². The van der Waals surface area contributed by atoms with Crippen molar-refractivity contribution < 1.29 is 4.79 Å². The van der Waals surface area contributed by atoms with Crippen molar-refractivity contribution in [2.24, 2.45) is 0 Å². The van der Waals surface area contributed by atoms with Gasteiger partial charge in [-0.25, -0.2) is 0 Å². The largest absolute Gasteiger partial charge is 0.328 e. The van der Waals surface area contributed by atoms with Gasteiger partial charge in [0.1, 0.15) is 0 Å². The first-order valence-corrected chi connectivity index (χ1v) is 6.05. The maximum atomic E-state index is 11.1. The molecule has 1 aliphatic heterocycles. The Labute approximate surface area is 100 Å². The molecule has 3 nitrogen and oxygen atoms in total. The number of benzene rings is 1. The van der Waals surface area contributed by atoms with Crippen LogP contribution in [0.25, 0.3) is 10.9 Å². The van der Waals surface area contributed by atoms with Crippen LogP contribution < -0.4 is 5.32 Å². The molecule has 1 saturated heterocycles. The molecule has 1 aliphatic rings. The third kappa shape index (κ3) is 1.50. The lowest BCUT2D eigenvalue weighted by atomic mass is 10.1. The lowest BCUT2D eigenvalue weighted by Crippen LogP contribution is -2.39. The summed E-state index contributed by atoms with van der Waals surface area (Å²) in [4.78, 5) is 11.1. The average Bonchev–Trinajstić information content (AvgIpc) is 2.94. The normalized spacial score (nSPS) is 24.3. The molecule has 2 heterocycles. The highest BCUT2D eigenvalue weighted by molar-refractivity contribution is 5.97. The van der Waals surface area contributed by atoms with Gasteiger partial charge in [0.05, 0.1) is 11.2 Å². The third-order valence-corrected chi connectivity index (χ3v) is 3.75.